The summed E-state index contributed by atoms with van der Waals surface area (Å²) in [5, 5.41) is 7.02. The van der Waals surface area contributed by atoms with Crippen LogP contribution >= 0.6 is 0 Å². The minimum Gasteiger partial charge on any atom is -0.340 e. The Morgan fingerprint density at radius 1 is 1.12 bits per heavy atom. The van der Waals surface area contributed by atoms with Crippen molar-refractivity contribution in [2.24, 2.45) is 0 Å². The fourth-order valence-electron chi connectivity index (χ4n) is 2.93. The van der Waals surface area contributed by atoms with Gasteiger partial charge in [-0.3, -0.25) is 4.79 Å². The van der Waals surface area contributed by atoms with Crippen molar-refractivity contribution in [1.82, 2.24) is 10.1 Å². The molecule has 1 unspecified atom stereocenters. The molecule has 2 heterocycles. The molecule has 0 spiro atoms. The number of rotatable bonds is 4. The molecule has 1 aliphatic heterocycles. The molecule has 25 heavy (non-hydrogen) atoms. The Bertz CT molecular complexity index is 874. The van der Waals surface area contributed by atoms with Crippen molar-refractivity contribution < 1.29 is 9.32 Å². The molecule has 6 heteroatoms. The number of carbonyl (C=O) groups is 1. The highest BCUT2D eigenvalue weighted by Crippen LogP contribution is 2.24. The van der Waals surface area contributed by atoms with Gasteiger partial charge in [-0.25, -0.2) is 0 Å². The van der Waals surface area contributed by atoms with Gasteiger partial charge in [-0.1, -0.05) is 35.9 Å². The molecule has 0 saturated carbocycles. The summed E-state index contributed by atoms with van der Waals surface area (Å²) in [7, 11) is 0. The average molecular weight is 334 g/mol. The number of aromatic nitrogens is 2. The van der Waals surface area contributed by atoms with E-state index in [2.05, 4.69) is 15.5 Å². The van der Waals surface area contributed by atoms with Gasteiger partial charge in [-0.05, 0) is 42.8 Å². The molecular weight excluding hydrogens is 316 g/mol. The molecule has 1 atom stereocenters. The Labute approximate surface area is 145 Å². The maximum atomic E-state index is 12.6. The van der Waals surface area contributed by atoms with Crippen LogP contribution in [0.2, 0.25) is 0 Å². The van der Waals surface area contributed by atoms with E-state index in [4.69, 9.17) is 4.52 Å². The lowest BCUT2D eigenvalue weighted by Gasteiger charge is -2.17. The van der Waals surface area contributed by atoms with Crippen LogP contribution in [0.3, 0.4) is 0 Å². The molecule has 1 aliphatic rings. The summed E-state index contributed by atoms with van der Waals surface area (Å²) in [5.41, 5.74) is 2.94. The quantitative estimate of drug-likeness (QED) is 0.793. The second-order valence-electron chi connectivity index (χ2n) is 6.10. The van der Waals surface area contributed by atoms with Crippen LogP contribution in [-0.4, -0.2) is 28.6 Å². The fraction of sp³-hybridized carbons (Fsp3) is 0.211. The number of nitrogens with zero attached hydrogens (tertiary/aromatic N) is 3. The van der Waals surface area contributed by atoms with E-state index >= 15 is 0 Å². The zero-order valence-corrected chi connectivity index (χ0v) is 13.8. The van der Waals surface area contributed by atoms with Crippen LogP contribution in [0, 0.1) is 6.92 Å². The van der Waals surface area contributed by atoms with Crippen LogP contribution in [0.15, 0.2) is 59.1 Å². The first-order valence-corrected chi connectivity index (χ1v) is 8.24. The largest absolute Gasteiger partial charge is 0.340 e. The second kappa shape index (κ2) is 6.39. The smallest absolute Gasteiger partial charge is 0.264 e. The van der Waals surface area contributed by atoms with E-state index < -0.39 is 0 Å². The van der Waals surface area contributed by atoms with Gasteiger partial charge in [-0.2, -0.15) is 4.98 Å². The zero-order chi connectivity index (χ0) is 17.2. The lowest BCUT2D eigenvalue weighted by molar-refractivity contribution is -0.117. The molecule has 2 aromatic carbocycles. The van der Waals surface area contributed by atoms with Crippen molar-refractivity contribution in [3.05, 3.63) is 60.2 Å². The molecule has 0 bridgehead atoms. The van der Waals surface area contributed by atoms with Gasteiger partial charge in [0.2, 0.25) is 5.91 Å². The fourth-order valence-corrected chi connectivity index (χ4v) is 2.93. The summed E-state index contributed by atoms with van der Waals surface area (Å²) < 4.78 is 5.27. The Morgan fingerprint density at radius 2 is 1.88 bits per heavy atom. The standard InChI is InChI=1S/C19H18N4O2/c1-13-7-9-15(10-8-13)23-12-11-16(18(23)24)20-19-21-17(25-22-19)14-5-3-2-4-6-14/h2-10,16H,11-12H2,1H3,(H,20,22). The number of benzene rings is 2. The van der Waals surface area contributed by atoms with Crippen LogP contribution in [0.1, 0.15) is 12.0 Å². The summed E-state index contributed by atoms with van der Waals surface area (Å²) in [5.74, 6) is 0.793. The van der Waals surface area contributed by atoms with E-state index in [1.165, 1.54) is 5.56 Å². The minimum absolute atomic E-state index is 0.0231. The highest BCUT2D eigenvalue weighted by molar-refractivity contribution is 6.00. The topological polar surface area (TPSA) is 71.3 Å². The summed E-state index contributed by atoms with van der Waals surface area (Å²) in [6, 6.07) is 17.2. The lowest BCUT2D eigenvalue weighted by atomic mass is 10.2. The Balaban J connectivity index is 1.46. The molecule has 126 valence electrons. The van der Waals surface area contributed by atoms with Crippen LogP contribution in [0.5, 0.6) is 0 Å². The number of carbonyl (C=O) groups excluding carboxylic acids is 1. The number of amides is 1. The van der Waals surface area contributed by atoms with Gasteiger partial charge in [-0.15, -0.1) is 0 Å². The molecular formula is C19H18N4O2. The third kappa shape index (κ3) is 3.10. The van der Waals surface area contributed by atoms with Crippen LogP contribution in [0.4, 0.5) is 11.6 Å². The normalized spacial score (nSPS) is 17.1. The summed E-state index contributed by atoms with van der Waals surface area (Å²) in [4.78, 5) is 18.8. The van der Waals surface area contributed by atoms with Gasteiger partial charge in [0, 0.05) is 17.8 Å². The molecule has 0 aliphatic carbocycles. The number of aryl methyl sites for hydroxylation is 1. The van der Waals surface area contributed by atoms with Crippen molar-refractivity contribution in [2.45, 2.75) is 19.4 Å². The van der Waals surface area contributed by atoms with E-state index in [9.17, 15) is 4.79 Å². The molecule has 1 fully saturated rings. The minimum atomic E-state index is -0.345. The first-order valence-electron chi connectivity index (χ1n) is 8.24. The zero-order valence-electron chi connectivity index (χ0n) is 13.8. The van der Waals surface area contributed by atoms with Crippen molar-refractivity contribution in [1.29, 1.82) is 0 Å². The predicted octanol–water partition coefficient (Wildman–Crippen LogP) is 3.26. The van der Waals surface area contributed by atoms with E-state index in [1.807, 2.05) is 61.5 Å². The maximum absolute atomic E-state index is 12.6. The van der Waals surface area contributed by atoms with Crippen LogP contribution in [-0.2, 0) is 4.79 Å². The number of nitrogens with one attached hydrogen (secondary N) is 1. The van der Waals surface area contributed by atoms with Gasteiger partial charge < -0.3 is 14.7 Å². The number of hydrogen-bond acceptors (Lipinski definition) is 5. The lowest BCUT2D eigenvalue weighted by Crippen LogP contribution is -2.33. The molecule has 3 aromatic rings. The van der Waals surface area contributed by atoms with Gasteiger partial charge in [0.1, 0.15) is 6.04 Å². The van der Waals surface area contributed by atoms with Crippen LogP contribution < -0.4 is 10.2 Å². The molecule has 1 aromatic heterocycles. The van der Waals surface area contributed by atoms with Crippen LogP contribution in [0.25, 0.3) is 11.5 Å². The Hall–Kier alpha value is -3.15. The average Bonchev–Trinajstić information content (AvgIpc) is 3.25. The van der Waals surface area contributed by atoms with Crippen molar-refractivity contribution in [3.8, 4) is 11.5 Å². The number of hydrogen-bond donors (Lipinski definition) is 1. The molecule has 1 saturated heterocycles. The number of anilines is 2. The molecule has 0 radical (unpaired) electrons. The summed E-state index contributed by atoms with van der Waals surface area (Å²) in [6.45, 7) is 2.70. The van der Waals surface area contributed by atoms with Gasteiger partial charge in [0.05, 0.1) is 0 Å². The predicted molar refractivity (Wildman–Crippen MR) is 95.3 cm³/mol. The third-order valence-electron chi connectivity index (χ3n) is 4.30. The SMILES string of the molecule is Cc1ccc(N2CCC(Nc3noc(-c4ccccc4)n3)C2=O)cc1. The Morgan fingerprint density at radius 3 is 2.64 bits per heavy atom. The van der Waals surface area contributed by atoms with E-state index in [0.29, 0.717) is 24.8 Å². The molecule has 4 rings (SSSR count). The molecule has 1 amide bonds. The van der Waals surface area contributed by atoms with E-state index in [-0.39, 0.29) is 11.9 Å². The van der Waals surface area contributed by atoms with Gasteiger partial charge in [0.25, 0.3) is 11.8 Å². The maximum Gasteiger partial charge on any atom is 0.264 e. The van der Waals surface area contributed by atoms with Crippen molar-refractivity contribution in [3.63, 3.8) is 0 Å². The third-order valence-corrected chi connectivity index (χ3v) is 4.30. The van der Waals surface area contributed by atoms with Crippen molar-refractivity contribution >= 4 is 17.5 Å². The summed E-state index contributed by atoms with van der Waals surface area (Å²) >= 11 is 0. The highest BCUT2D eigenvalue weighted by atomic mass is 16.5. The first-order chi connectivity index (χ1) is 12.2. The molecule has 6 nitrogen and oxygen atoms in total. The Kier molecular flexibility index (Phi) is 3.93. The highest BCUT2D eigenvalue weighted by Gasteiger charge is 2.33. The second-order valence-corrected chi connectivity index (χ2v) is 6.10. The van der Waals surface area contributed by atoms with E-state index in [1.54, 1.807) is 4.90 Å². The molecule has 1 N–H and O–H groups in total. The van der Waals surface area contributed by atoms with Gasteiger partial charge in [0.15, 0.2) is 0 Å². The monoisotopic (exact) mass is 334 g/mol. The summed E-state index contributed by atoms with van der Waals surface area (Å²) in [6.07, 6.45) is 0.696. The first kappa shape index (κ1) is 15.4. The van der Waals surface area contributed by atoms with E-state index in [0.717, 1.165) is 11.3 Å². The van der Waals surface area contributed by atoms with Gasteiger partial charge >= 0.3 is 0 Å². The van der Waals surface area contributed by atoms with Crippen molar-refractivity contribution in [2.75, 3.05) is 16.8 Å².